The third-order valence-electron chi connectivity index (χ3n) is 8.21. The molecule has 0 saturated carbocycles. The van der Waals surface area contributed by atoms with E-state index in [1.165, 1.54) is 21.4 Å². The normalized spacial score (nSPS) is 13.9. The van der Waals surface area contributed by atoms with Crippen LogP contribution in [0, 0.1) is 13.8 Å². The molecule has 1 atom stereocenters. The van der Waals surface area contributed by atoms with Crippen molar-refractivity contribution >= 4 is 30.9 Å². The van der Waals surface area contributed by atoms with Gasteiger partial charge in [0.1, 0.15) is 6.10 Å². The smallest absolute Gasteiger partial charge is 0.412 e. The van der Waals surface area contributed by atoms with Crippen molar-refractivity contribution in [3.8, 4) is 0 Å². The Bertz CT molecular complexity index is 1300. The topological polar surface area (TPSA) is 65.7 Å². The van der Waals surface area contributed by atoms with Gasteiger partial charge in [-0.05, 0) is 104 Å². The van der Waals surface area contributed by atoms with Gasteiger partial charge in [-0.25, -0.2) is 4.79 Å². The Morgan fingerprint density at radius 3 is 1.95 bits per heavy atom. The maximum atomic E-state index is 12.0. The third-order valence-corrected chi connectivity index (χ3v) is 13.5. The standard InChI is InChI=1S/C31H46N2O3Si/c1-19(2)25-18-32(37(11,12)31(8,9)10)26-14-13-22(17-24(25)26)28(34)27-20(3)15-23(16-21(27)4)33(29(35)36)30(5,6)7/h13-19,28,34H,1-12H3,(H,35,36). The van der Waals surface area contributed by atoms with Gasteiger partial charge >= 0.3 is 6.09 Å². The van der Waals surface area contributed by atoms with Crippen molar-refractivity contribution < 1.29 is 15.0 Å². The average molecular weight is 523 g/mol. The summed E-state index contributed by atoms with van der Waals surface area (Å²) in [5, 5.41) is 22.9. The maximum absolute atomic E-state index is 12.0. The number of anilines is 1. The molecule has 6 heteroatoms. The summed E-state index contributed by atoms with van der Waals surface area (Å²) in [6.45, 7) is 25.8. The number of aliphatic hydroxyl groups excluding tert-OH is 1. The molecule has 3 aromatic rings. The van der Waals surface area contributed by atoms with Gasteiger partial charge in [0.05, 0.1) is 0 Å². The number of benzene rings is 2. The first-order chi connectivity index (χ1) is 16.8. The van der Waals surface area contributed by atoms with E-state index in [9.17, 15) is 15.0 Å². The first kappa shape index (κ1) is 29.0. The summed E-state index contributed by atoms with van der Waals surface area (Å²) in [6, 6.07) is 10.1. The highest BCUT2D eigenvalue weighted by Crippen LogP contribution is 2.42. The fourth-order valence-corrected chi connectivity index (χ4v) is 7.17. The zero-order valence-corrected chi connectivity index (χ0v) is 25.8. The molecular weight excluding hydrogens is 476 g/mol. The molecule has 0 aliphatic rings. The Kier molecular flexibility index (Phi) is 7.54. The van der Waals surface area contributed by atoms with E-state index in [1.807, 2.05) is 52.8 Å². The first-order valence-electron chi connectivity index (χ1n) is 13.3. The predicted molar refractivity (Wildman–Crippen MR) is 159 cm³/mol. The van der Waals surface area contributed by atoms with Crippen molar-refractivity contribution in [3.63, 3.8) is 0 Å². The zero-order chi connectivity index (χ0) is 28.2. The molecule has 0 saturated heterocycles. The van der Waals surface area contributed by atoms with Crippen LogP contribution in [0.3, 0.4) is 0 Å². The molecule has 0 radical (unpaired) electrons. The van der Waals surface area contributed by atoms with Gasteiger partial charge in [-0.1, -0.05) is 53.8 Å². The van der Waals surface area contributed by atoms with Crippen LogP contribution in [0.25, 0.3) is 10.9 Å². The molecule has 1 aromatic heterocycles. The number of rotatable bonds is 5. The number of nitrogens with zero attached hydrogens (tertiary/aromatic N) is 2. The molecular formula is C31H46N2O3Si. The molecule has 5 nitrogen and oxygen atoms in total. The molecule has 1 heterocycles. The van der Waals surface area contributed by atoms with Crippen LogP contribution < -0.4 is 4.90 Å². The molecule has 0 bridgehead atoms. The number of aryl methyl sites for hydroxylation is 2. The summed E-state index contributed by atoms with van der Waals surface area (Å²) in [5.41, 5.74) is 6.01. The van der Waals surface area contributed by atoms with Crippen LogP contribution in [0.1, 0.15) is 95.2 Å². The summed E-state index contributed by atoms with van der Waals surface area (Å²) < 4.78 is 2.53. The third kappa shape index (κ3) is 5.23. The lowest BCUT2D eigenvalue weighted by Gasteiger charge is -2.38. The Labute approximate surface area is 224 Å². The lowest BCUT2D eigenvalue weighted by Crippen LogP contribution is -2.45. The molecule has 0 aliphatic carbocycles. The van der Waals surface area contributed by atoms with Gasteiger partial charge in [0.2, 0.25) is 0 Å². The first-order valence-corrected chi connectivity index (χ1v) is 16.2. The van der Waals surface area contributed by atoms with Crippen LogP contribution in [0.2, 0.25) is 18.1 Å². The van der Waals surface area contributed by atoms with E-state index in [0.717, 1.165) is 22.3 Å². The molecule has 2 N–H and O–H groups in total. The van der Waals surface area contributed by atoms with Crippen molar-refractivity contribution in [2.75, 3.05) is 4.90 Å². The number of aromatic nitrogens is 1. The van der Waals surface area contributed by atoms with Crippen LogP contribution in [0.15, 0.2) is 36.5 Å². The second-order valence-corrected chi connectivity index (χ2v) is 18.5. The predicted octanol–water partition coefficient (Wildman–Crippen LogP) is 8.60. The van der Waals surface area contributed by atoms with Crippen LogP contribution in [0.5, 0.6) is 0 Å². The Balaban J connectivity index is 2.16. The molecule has 0 spiro atoms. The highest BCUT2D eigenvalue weighted by Gasteiger charge is 2.39. The molecule has 1 amide bonds. The van der Waals surface area contributed by atoms with Crippen molar-refractivity contribution in [3.05, 3.63) is 64.3 Å². The van der Waals surface area contributed by atoms with Crippen molar-refractivity contribution in [2.24, 2.45) is 0 Å². The fraction of sp³-hybridized carbons (Fsp3) is 0.516. The average Bonchev–Trinajstić information content (AvgIpc) is 3.10. The van der Waals surface area contributed by atoms with E-state index in [1.54, 1.807) is 0 Å². The van der Waals surface area contributed by atoms with Gasteiger partial charge in [-0.3, -0.25) is 4.90 Å². The molecule has 202 valence electrons. The van der Waals surface area contributed by atoms with Crippen molar-refractivity contribution in [1.82, 2.24) is 4.23 Å². The quantitative estimate of drug-likeness (QED) is 0.330. The number of aliphatic hydroxyl groups is 1. The minimum Gasteiger partial charge on any atom is -0.465 e. The van der Waals surface area contributed by atoms with Crippen LogP contribution >= 0.6 is 0 Å². The van der Waals surface area contributed by atoms with Crippen LogP contribution in [0.4, 0.5) is 10.5 Å². The number of fused-ring (bicyclic) bond motifs is 1. The van der Waals surface area contributed by atoms with Crippen molar-refractivity contribution in [2.45, 2.75) is 105 Å². The summed E-state index contributed by atoms with van der Waals surface area (Å²) in [7, 11) is -1.84. The lowest BCUT2D eigenvalue weighted by atomic mass is 9.91. The number of carboxylic acid groups (broad SMARTS) is 1. The van der Waals surface area contributed by atoms with Gasteiger partial charge in [0.25, 0.3) is 0 Å². The number of amides is 1. The van der Waals surface area contributed by atoms with E-state index in [-0.39, 0.29) is 5.04 Å². The summed E-state index contributed by atoms with van der Waals surface area (Å²) in [5.74, 6) is 0.364. The zero-order valence-electron chi connectivity index (χ0n) is 24.8. The van der Waals surface area contributed by atoms with Gasteiger partial charge in [-0.15, -0.1) is 0 Å². The molecule has 0 fully saturated rings. The molecule has 1 unspecified atom stereocenters. The van der Waals surface area contributed by atoms with E-state index >= 15 is 0 Å². The van der Waals surface area contributed by atoms with Gasteiger partial charge in [-0.2, -0.15) is 0 Å². The van der Waals surface area contributed by atoms with Crippen molar-refractivity contribution in [1.29, 1.82) is 0 Å². The number of carbonyl (C=O) groups is 1. The Hall–Kier alpha value is -2.57. The van der Waals surface area contributed by atoms with E-state index in [2.05, 4.69) is 70.3 Å². The largest absolute Gasteiger partial charge is 0.465 e. The SMILES string of the molecule is Cc1cc(N(C(=O)O)C(C)(C)C)cc(C)c1C(O)c1ccc2c(c1)c(C(C)C)cn2[Si](C)(C)C(C)(C)C. The monoisotopic (exact) mass is 522 g/mol. The lowest BCUT2D eigenvalue weighted by molar-refractivity contribution is 0.195. The van der Waals surface area contributed by atoms with E-state index in [4.69, 9.17) is 0 Å². The molecule has 37 heavy (non-hydrogen) atoms. The minimum absolute atomic E-state index is 0.193. The van der Waals surface area contributed by atoms with Crippen LogP contribution in [-0.4, -0.2) is 34.3 Å². The van der Waals surface area contributed by atoms with E-state index in [0.29, 0.717) is 11.6 Å². The number of hydrogen-bond acceptors (Lipinski definition) is 2. The molecule has 0 aliphatic heterocycles. The van der Waals surface area contributed by atoms with Gasteiger partial charge in [0.15, 0.2) is 8.24 Å². The Morgan fingerprint density at radius 1 is 0.973 bits per heavy atom. The maximum Gasteiger partial charge on any atom is 0.412 e. The second kappa shape index (κ2) is 9.63. The molecule has 3 rings (SSSR count). The number of hydrogen-bond donors (Lipinski definition) is 2. The second-order valence-electron chi connectivity index (χ2n) is 13.4. The highest BCUT2D eigenvalue weighted by atomic mass is 28.3. The van der Waals surface area contributed by atoms with Crippen LogP contribution in [-0.2, 0) is 0 Å². The molecule has 2 aromatic carbocycles. The van der Waals surface area contributed by atoms with E-state index < -0.39 is 26.0 Å². The Morgan fingerprint density at radius 2 is 1.51 bits per heavy atom. The van der Waals surface area contributed by atoms with Gasteiger partial charge < -0.3 is 14.4 Å². The highest BCUT2D eigenvalue weighted by molar-refractivity contribution is 6.79. The fourth-order valence-electron chi connectivity index (χ4n) is 5.19. The minimum atomic E-state index is -1.84. The van der Waals surface area contributed by atoms with Gasteiger partial charge in [0, 0.05) is 22.1 Å². The summed E-state index contributed by atoms with van der Waals surface area (Å²) >= 11 is 0. The summed E-state index contributed by atoms with van der Waals surface area (Å²) in [6.07, 6.45) is 0.557. The summed E-state index contributed by atoms with van der Waals surface area (Å²) in [4.78, 5) is 13.4.